The molecule has 2 rings (SSSR count). The van der Waals surface area contributed by atoms with Crippen molar-refractivity contribution < 1.29 is 5.11 Å². The van der Waals surface area contributed by atoms with Crippen LogP contribution in [0, 0.1) is 13.8 Å². The number of β-amino-alcohol motifs (C(OH)–C–C–N with tert-alkyl or cyclic N) is 1. The van der Waals surface area contributed by atoms with Gasteiger partial charge in [-0.1, -0.05) is 0 Å². The van der Waals surface area contributed by atoms with E-state index in [4.69, 9.17) is 5.73 Å². The van der Waals surface area contributed by atoms with Crippen LogP contribution in [0.15, 0.2) is 0 Å². The van der Waals surface area contributed by atoms with Crippen molar-refractivity contribution >= 4 is 5.82 Å². The summed E-state index contributed by atoms with van der Waals surface area (Å²) in [5.74, 6) is 0.827. The summed E-state index contributed by atoms with van der Waals surface area (Å²) in [5.41, 5.74) is 8.22. The van der Waals surface area contributed by atoms with Gasteiger partial charge in [0.15, 0.2) is 5.82 Å². The van der Waals surface area contributed by atoms with Gasteiger partial charge in [-0.2, -0.15) is 5.10 Å². The van der Waals surface area contributed by atoms with Crippen molar-refractivity contribution in [1.82, 2.24) is 10.2 Å². The normalized spacial score (nSPS) is 24.4. The van der Waals surface area contributed by atoms with Crippen molar-refractivity contribution in [2.75, 3.05) is 18.0 Å². The van der Waals surface area contributed by atoms with Crippen molar-refractivity contribution in [3.8, 4) is 0 Å². The highest BCUT2D eigenvalue weighted by molar-refractivity contribution is 5.51. The van der Waals surface area contributed by atoms with E-state index in [9.17, 15) is 5.11 Å². The van der Waals surface area contributed by atoms with E-state index in [1.807, 2.05) is 20.8 Å². The zero-order valence-electron chi connectivity index (χ0n) is 10.7. The fourth-order valence-corrected chi connectivity index (χ4v) is 2.27. The molecule has 5 nitrogen and oxygen atoms in total. The minimum Gasteiger partial charge on any atom is -0.388 e. The molecule has 1 atom stereocenters. The fraction of sp³-hybridized carbons (Fsp3) is 0.667. The highest BCUT2D eigenvalue weighted by Crippen LogP contribution is 2.28. The molecule has 1 aromatic rings. The summed E-state index contributed by atoms with van der Waals surface area (Å²) in [7, 11) is 0. The summed E-state index contributed by atoms with van der Waals surface area (Å²) in [6.45, 7) is 7.66. The van der Waals surface area contributed by atoms with E-state index in [1.54, 1.807) is 0 Å². The average molecular weight is 236 g/mol. The van der Waals surface area contributed by atoms with Crippen LogP contribution in [0.25, 0.3) is 0 Å². The summed E-state index contributed by atoms with van der Waals surface area (Å²) >= 11 is 0. The molecule has 1 aliphatic rings. The second-order valence-electron chi connectivity index (χ2n) is 5.09. The van der Waals surface area contributed by atoms with Crippen molar-refractivity contribution in [2.45, 2.75) is 39.3 Å². The highest BCUT2D eigenvalue weighted by atomic mass is 16.3. The van der Waals surface area contributed by atoms with Crippen molar-refractivity contribution in [1.29, 1.82) is 0 Å². The second kappa shape index (κ2) is 4.23. The Morgan fingerprint density at radius 1 is 1.41 bits per heavy atom. The van der Waals surface area contributed by atoms with Crippen LogP contribution in [0.2, 0.25) is 0 Å². The molecule has 0 aliphatic carbocycles. The van der Waals surface area contributed by atoms with E-state index in [1.165, 1.54) is 0 Å². The van der Waals surface area contributed by atoms with Gasteiger partial charge < -0.3 is 15.7 Å². The van der Waals surface area contributed by atoms with Gasteiger partial charge in [0.25, 0.3) is 0 Å². The first-order valence-corrected chi connectivity index (χ1v) is 5.95. The Balaban J connectivity index is 2.37. The molecule has 1 aliphatic heterocycles. The number of anilines is 1. The third-order valence-electron chi connectivity index (χ3n) is 3.52. The first-order chi connectivity index (χ1) is 7.94. The van der Waals surface area contributed by atoms with Gasteiger partial charge in [-0.25, -0.2) is 0 Å². The Labute approximate surface area is 102 Å². The number of hydrogen-bond acceptors (Lipinski definition) is 5. The quantitative estimate of drug-likeness (QED) is 0.782. The molecule has 0 bridgehead atoms. The Morgan fingerprint density at radius 2 is 2.12 bits per heavy atom. The van der Waals surface area contributed by atoms with Gasteiger partial charge >= 0.3 is 0 Å². The lowest BCUT2D eigenvalue weighted by molar-refractivity contribution is 0.0839. The minimum absolute atomic E-state index is 0.455. The predicted molar refractivity (Wildman–Crippen MR) is 66.9 cm³/mol. The van der Waals surface area contributed by atoms with Crippen LogP contribution in [0.1, 0.15) is 30.2 Å². The van der Waals surface area contributed by atoms with Gasteiger partial charge in [0, 0.05) is 25.2 Å². The second-order valence-corrected chi connectivity index (χ2v) is 5.09. The molecule has 17 heavy (non-hydrogen) atoms. The maximum absolute atomic E-state index is 9.99. The zero-order chi connectivity index (χ0) is 12.6. The molecule has 0 amide bonds. The molecule has 94 valence electrons. The molecule has 2 heterocycles. The number of nitrogens with zero attached hydrogens (tertiary/aromatic N) is 3. The maximum atomic E-state index is 9.99. The van der Waals surface area contributed by atoms with E-state index in [0.29, 0.717) is 13.1 Å². The Morgan fingerprint density at radius 3 is 2.65 bits per heavy atom. The number of rotatable bonds is 2. The molecule has 1 fully saturated rings. The van der Waals surface area contributed by atoms with E-state index in [0.717, 1.165) is 35.6 Å². The minimum atomic E-state index is -0.633. The van der Waals surface area contributed by atoms with Gasteiger partial charge in [0.2, 0.25) is 0 Å². The van der Waals surface area contributed by atoms with Gasteiger partial charge in [-0.3, -0.25) is 0 Å². The zero-order valence-corrected chi connectivity index (χ0v) is 10.7. The number of aliphatic hydroxyl groups is 1. The Kier molecular flexibility index (Phi) is 3.05. The van der Waals surface area contributed by atoms with Crippen LogP contribution in [0.4, 0.5) is 5.82 Å². The number of hydrogen-bond donors (Lipinski definition) is 2. The summed E-state index contributed by atoms with van der Waals surface area (Å²) in [4.78, 5) is 2.07. The summed E-state index contributed by atoms with van der Waals surface area (Å²) in [6, 6.07) is 0. The summed E-state index contributed by atoms with van der Waals surface area (Å²) in [5, 5.41) is 18.4. The molecule has 0 radical (unpaired) electrons. The van der Waals surface area contributed by atoms with Crippen LogP contribution in [0.3, 0.4) is 0 Å². The summed E-state index contributed by atoms with van der Waals surface area (Å²) < 4.78 is 0. The van der Waals surface area contributed by atoms with E-state index in [-0.39, 0.29) is 0 Å². The lowest BCUT2D eigenvalue weighted by Gasteiger charge is -2.22. The van der Waals surface area contributed by atoms with E-state index >= 15 is 0 Å². The highest BCUT2D eigenvalue weighted by Gasteiger charge is 2.33. The Hall–Kier alpha value is -1.20. The smallest absolute Gasteiger partial charge is 0.156 e. The van der Waals surface area contributed by atoms with Crippen LogP contribution in [-0.4, -0.2) is 34.0 Å². The molecule has 1 unspecified atom stereocenters. The predicted octanol–water partition coefficient (Wildman–Crippen LogP) is 0.513. The average Bonchev–Trinajstić information content (AvgIpc) is 2.62. The van der Waals surface area contributed by atoms with Gasteiger partial charge in [-0.15, -0.1) is 5.10 Å². The standard InChI is InChI=1S/C12H20N4O/c1-8-9(2)14-15-11(10(8)6-13)16-5-4-12(3,17)7-16/h17H,4-7,13H2,1-3H3. The van der Waals surface area contributed by atoms with Gasteiger partial charge in [0.1, 0.15) is 0 Å². The number of nitrogens with two attached hydrogens (primary N) is 1. The van der Waals surface area contributed by atoms with Crippen molar-refractivity contribution in [3.63, 3.8) is 0 Å². The molecule has 1 aromatic heterocycles. The molecule has 0 aromatic carbocycles. The lowest BCUT2D eigenvalue weighted by atomic mass is 10.1. The van der Waals surface area contributed by atoms with Gasteiger partial charge in [-0.05, 0) is 32.8 Å². The van der Waals surface area contributed by atoms with Crippen LogP contribution in [0.5, 0.6) is 0 Å². The first-order valence-electron chi connectivity index (χ1n) is 5.95. The van der Waals surface area contributed by atoms with E-state index < -0.39 is 5.60 Å². The molecule has 3 N–H and O–H groups in total. The van der Waals surface area contributed by atoms with E-state index in [2.05, 4.69) is 15.1 Å². The summed E-state index contributed by atoms with van der Waals surface area (Å²) in [6.07, 6.45) is 0.756. The molecule has 0 saturated carbocycles. The third-order valence-corrected chi connectivity index (χ3v) is 3.52. The van der Waals surface area contributed by atoms with Gasteiger partial charge in [0.05, 0.1) is 11.3 Å². The van der Waals surface area contributed by atoms with Crippen LogP contribution in [-0.2, 0) is 6.54 Å². The largest absolute Gasteiger partial charge is 0.388 e. The van der Waals surface area contributed by atoms with Crippen LogP contribution < -0.4 is 10.6 Å². The topological polar surface area (TPSA) is 75.3 Å². The molecule has 1 saturated heterocycles. The maximum Gasteiger partial charge on any atom is 0.156 e. The molecular formula is C12H20N4O. The fourth-order valence-electron chi connectivity index (χ4n) is 2.27. The Bertz CT molecular complexity index is 431. The van der Waals surface area contributed by atoms with Crippen molar-refractivity contribution in [2.24, 2.45) is 5.73 Å². The van der Waals surface area contributed by atoms with Crippen LogP contribution >= 0.6 is 0 Å². The first kappa shape index (κ1) is 12.3. The lowest BCUT2D eigenvalue weighted by Crippen LogP contribution is -2.31. The molecule has 5 heteroatoms. The SMILES string of the molecule is Cc1nnc(N2CCC(C)(O)C2)c(CN)c1C. The third kappa shape index (κ3) is 2.25. The number of aromatic nitrogens is 2. The molecular weight excluding hydrogens is 216 g/mol. The number of aryl methyl sites for hydroxylation is 1. The monoisotopic (exact) mass is 236 g/mol. The molecule has 0 spiro atoms. The van der Waals surface area contributed by atoms with Crippen molar-refractivity contribution in [3.05, 3.63) is 16.8 Å².